The van der Waals surface area contributed by atoms with Crippen LogP contribution in [-0.2, 0) is 0 Å². The molecule has 25 heavy (non-hydrogen) atoms. The summed E-state index contributed by atoms with van der Waals surface area (Å²) < 4.78 is 0. The van der Waals surface area contributed by atoms with Crippen LogP contribution in [0.5, 0.6) is 0 Å². The predicted molar refractivity (Wildman–Crippen MR) is 109 cm³/mol. The van der Waals surface area contributed by atoms with Crippen LogP contribution in [-0.4, -0.2) is 24.2 Å². The largest absolute Gasteiger partial charge is 0.309 e. The third-order valence-corrected chi connectivity index (χ3v) is 7.82. The van der Waals surface area contributed by atoms with E-state index in [-0.39, 0.29) is 0 Å². The molecule has 3 aliphatic carbocycles. The molecule has 0 aromatic rings. The van der Waals surface area contributed by atoms with Gasteiger partial charge in [-0.05, 0) is 62.2 Å². The van der Waals surface area contributed by atoms with Crippen molar-refractivity contribution in [3.05, 3.63) is 0 Å². The van der Waals surface area contributed by atoms with Gasteiger partial charge in [0, 0.05) is 24.2 Å². The molecule has 6 atom stereocenters. The maximum absolute atomic E-state index is 4.20. The van der Waals surface area contributed by atoms with Gasteiger partial charge in [0.15, 0.2) is 0 Å². The van der Waals surface area contributed by atoms with Gasteiger partial charge in [-0.25, -0.2) is 0 Å². The number of nitrogens with one attached hydrogen (secondary N) is 2. The highest BCUT2D eigenvalue weighted by atomic mass is 15.1. The van der Waals surface area contributed by atoms with Crippen molar-refractivity contribution in [1.29, 1.82) is 0 Å². The Morgan fingerprint density at radius 3 is 1.72 bits per heavy atom. The average Bonchev–Trinajstić information content (AvgIpc) is 2.60. The highest BCUT2D eigenvalue weighted by Gasteiger charge is 2.36. The molecule has 146 valence electrons. The van der Waals surface area contributed by atoms with Crippen molar-refractivity contribution in [1.82, 2.24) is 10.6 Å². The molecule has 2 heteroatoms. The molecule has 0 heterocycles. The lowest BCUT2D eigenvalue weighted by Crippen LogP contribution is -2.59. The third kappa shape index (κ3) is 5.01. The van der Waals surface area contributed by atoms with Gasteiger partial charge in [-0.1, -0.05) is 59.8 Å². The Labute approximate surface area is 157 Å². The lowest BCUT2D eigenvalue weighted by atomic mass is 9.76. The van der Waals surface area contributed by atoms with Crippen LogP contribution in [0.4, 0.5) is 0 Å². The number of rotatable bonds is 5. The SMILES string of the molecule is CC(C)C1CCCCC1NC1CCCCC1NC1C(C)CCCC1C. The molecule has 3 fully saturated rings. The van der Waals surface area contributed by atoms with Crippen LogP contribution >= 0.6 is 0 Å². The van der Waals surface area contributed by atoms with Gasteiger partial charge in [0.25, 0.3) is 0 Å². The molecule has 3 rings (SSSR count). The molecule has 0 aromatic carbocycles. The van der Waals surface area contributed by atoms with E-state index in [0.29, 0.717) is 12.1 Å². The second-order valence-corrected chi connectivity index (χ2v) is 10.0. The third-order valence-electron chi connectivity index (χ3n) is 7.82. The van der Waals surface area contributed by atoms with Crippen molar-refractivity contribution >= 4 is 0 Å². The van der Waals surface area contributed by atoms with Gasteiger partial charge in [-0.3, -0.25) is 0 Å². The molecule has 0 amide bonds. The van der Waals surface area contributed by atoms with Crippen molar-refractivity contribution in [2.75, 3.05) is 0 Å². The van der Waals surface area contributed by atoms with Gasteiger partial charge in [-0.2, -0.15) is 0 Å². The van der Waals surface area contributed by atoms with Crippen molar-refractivity contribution in [2.24, 2.45) is 23.7 Å². The van der Waals surface area contributed by atoms with E-state index in [4.69, 9.17) is 0 Å². The Morgan fingerprint density at radius 2 is 1.12 bits per heavy atom. The first-order valence-corrected chi connectivity index (χ1v) is 11.6. The summed E-state index contributed by atoms with van der Waals surface area (Å²) in [5, 5.41) is 8.37. The number of hydrogen-bond acceptors (Lipinski definition) is 2. The first kappa shape index (κ1) is 19.7. The second kappa shape index (κ2) is 9.22. The average molecular weight is 349 g/mol. The van der Waals surface area contributed by atoms with Gasteiger partial charge in [0.2, 0.25) is 0 Å². The molecule has 2 N–H and O–H groups in total. The Bertz CT molecular complexity index is 384. The van der Waals surface area contributed by atoms with Crippen LogP contribution in [0.25, 0.3) is 0 Å². The molecule has 0 bridgehead atoms. The van der Waals surface area contributed by atoms with E-state index in [1.54, 1.807) is 0 Å². The van der Waals surface area contributed by atoms with Crippen LogP contribution < -0.4 is 10.6 Å². The smallest absolute Gasteiger partial charge is 0.0224 e. The Hall–Kier alpha value is -0.0800. The van der Waals surface area contributed by atoms with Crippen molar-refractivity contribution in [3.8, 4) is 0 Å². The Balaban J connectivity index is 1.62. The fourth-order valence-electron chi connectivity index (χ4n) is 6.23. The van der Waals surface area contributed by atoms with Crippen molar-refractivity contribution in [3.63, 3.8) is 0 Å². The normalized spacial score (nSPS) is 43.3. The first-order valence-electron chi connectivity index (χ1n) is 11.6. The predicted octanol–water partition coefficient (Wildman–Crippen LogP) is 5.52. The van der Waals surface area contributed by atoms with Gasteiger partial charge < -0.3 is 10.6 Å². The summed E-state index contributed by atoms with van der Waals surface area (Å²) in [6.45, 7) is 9.84. The zero-order chi connectivity index (χ0) is 17.8. The Morgan fingerprint density at radius 1 is 0.600 bits per heavy atom. The zero-order valence-electron chi connectivity index (χ0n) is 17.4. The quantitative estimate of drug-likeness (QED) is 0.684. The molecular formula is C23H44N2. The van der Waals surface area contributed by atoms with Crippen LogP contribution in [0.3, 0.4) is 0 Å². The summed E-state index contributed by atoms with van der Waals surface area (Å²) in [5.74, 6) is 3.42. The van der Waals surface area contributed by atoms with Gasteiger partial charge >= 0.3 is 0 Å². The fraction of sp³-hybridized carbons (Fsp3) is 1.00. The summed E-state index contributed by atoms with van der Waals surface area (Å²) in [6, 6.07) is 2.92. The highest BCUT2D eigenvalue weighted by molar-refractivity contribution is 4.95. The molecule has 2 nitrogen and oxygen atoms in total. The zero-order valence-corrected chi connectivity index (χ0v) is 17.4. The molecule has 3 saturated carbocycles. The molecule has 0 aliphatic heterocycles. The van der Waals surface area contributed by atoms with Gasteiger partial charge in [0.1, 0.15) is 0 Å². The fourth-order valence-corrected chi connectivity index (χ4v) is 6.23. The minimum atomic E-state index is 0.705. The van der Waals surface area contributed by atoms with E-state index < -0.39 is 0 Å². The van der Waals surface area contributed by atoms with Crippen LogP contribution in [0.1, 0.15) is 98.3 Å². The van der Waals surface area contributed by atoms with E-state index in [2.05, 4.69) is 38.3 Å². The monoisotopic (exact) mass is 348 g/mol. The summed E-state index contributed by atoms with van der Waals surface area (Å²) >= 11 is 0. The van der Waals surface area contributed by atoms with E-state index in [1.165, 1.54) is 70.6 Å². The van der Waals surface area contributed by atoms with Gasteiger partial charge in [0.05, 0.1) is 0 Å². The second-order valence-electron chi connectivity index (χ2n) is 10.0. The van der Waals surface area contributed by atoms with E-state index in [0.717, 1.165) is 35.8 Å². The summed E-state index contributed by atoms with van der Waals surface area (Å²) in [6.07, 6.45) is 15.6. The molecule has 3 aliphatic rings. The highest BCUT2D eigenvalue weighted by Crippen LogP contribution is 2.33. The minimum absolute atomic E-state index is 0.705. The lowest BCUT2D eigenvalue weighted by molar-refractivity contribution is 0.135. The summed E-state index contributed by atoms with van der Waals surface area (Å²) in [7, 11) is 0. The van der Waals surface area contributed by atoms with Gasteiger partial charge in [-0.15, -0.1) is 0 Å². The topological polar surface area (TPSA) is 24.1 Å². The molecular weight excluding hydrogens is 304 g/mol. The minimum Gasteiger partial charge on any atom is -0.309 e. The van der Waals surface area contributed by atoms with E-state index in [1.807, 2.05) is 0 Å². The molecule has 0 aromatic heterocycles. The molecule has 0 spiro atoms. The lowest BCUT2D eigenvalue weighted by Gasteiger charge is -2.44. The van der Waals surface area contributed by atoms with E-state index >= 15 is 0 Å². The van der Waals surface area contributed by atoms with Crippen molar-refractivity contribution < 1.29 is 0 Å². The van der Waals surface area contributed by atoms with Crippen LogP contribution in [0.15, 0.2) is 0 Å². The van der Waals surface area contributed by atoms with Crippen molar-refractivity contribution in [2.45, 2.75) is 122 Å². The molecule has 0 saturated heterocycles. The van der Waals surface area contributed by atoms with E-state index in [9.17, 15) is 0 Å². The molecule has 0 radical (unpaired) electrons. The standard InChI is InChI=1S/C23H44N2/c1-16(2)19-12-5-6-13-20(19)24-21-14-7-8-15-22(21)25-23-17(3)10-9-11-18(23)4/h16-25H,5-15H2,1-4H3. The maximum atomic E-state index is 4.20. The van der Waals surface area contributed by atoms with Crippen LogP contribution in [0, 0.1) is 23.7 Å². The van der Waals surface area contributed by atoms with Crippen LogP contribution in [0.2, 0.25) is 0 Å². The first-order chi connectivity index (χ1) is 12.1. The summed E-state index contributed by atoms with van der Waals surface area (Å²) in [5.41, 5.74) is 0. The maximum Gasteiger partial charge on any atom is 0.0224 e. The molecule has 6 unspecified atom stereocenters. The Kier molecular flexibility index (Phi) is 7.26. The summed E-state index contributed by atoms with van der Waals surface area (Å²) in [4.78, 5) is 0. The number of hydrogen-bond donors (Lipinski definition) is 2.